The topological polar surface area (TPSA) is 77.4 Å². The monoisotopic (exact) mass is 400 g/mol. The first-order chi connectivity index (χ1) is 13.9. The molecule has 6 atom stereocenters. The van der Waals surface area contributed by atoms with Gasteiger partial charge in [-0.1, -0.05) is 60.7 Å². The van der Waals surface area contributed by atoms with Gasteiger partial charge < -0.3 is 29.2 Å². The summed E-state index contributed by atoms with van der Waals surface area (Å²) in [4.78, 5) is 0. The summed E-state index contributed by atoms with van der Waals surface area (Å²) in [6, 6.07) is 19.4. The first-order valence-electron chi connectivity index (χ1n) is 9.97. The van der Waals surface area contributed by atoms with E-state index in [-0.39, 0.29) is 0 Å². The molecule has 0 aromatic heterocycles. The van der Waals surface area contributed by atoms with Crippen LogP contribution in [0.1, 0.15) is 25.0 Å². The van der Waals surface area contributed by atoms with Crippen molar-refractivity contribution in [2.45, 2.75) is 69.5 Å². The highest BCUT2D eigenvalue weighted by Gasteiger charge is 2.58. The van der Waals surface area contributed by atoms with Crippen molar-refractivity contribution in [3.8, 4) is 0 Å². The maximum absolute atomic E-state index is 10.8. The fourth-order valence-corrected chi connectivity index (χ4v) is 4.02. The summed E-state index contributed by atoms with van der Waals surface area (Å²) in [5, 5.41) is 21.6. The molecule has 1 aliphatic heterocycles. The maximum Gasteiger partial charge on any atom is 0.164 e. The highest BCUT2D eigenvalue weighted by molar-refractivity contribution is 5.15. The average molecular weight is 400 g/mol. The molecule has 0 spiro atoms. The van der Waals surface area contributed by atoms with Crippen LogP contribution >= 0.6 is 0 Å². The molecule has 0 amide bonds. The van der Waals surface area contributed by atoms with Crippen LogP contribution in [0.4, 0.5) is 0 Å². The van der Waals surface area contributed by atoms with Crippen molar-refractivity contribution in [1.82, 2.24) is 0 Å². The van der Waals surface area contributed by atoms with Gasteiger partial charge in [0, 0.05) is 0 Å². The Morgan fingerprint density at radius 1 is 0.724 bits per heavy atom. The molecule has 156 valence electrons. The molecular formula is C23H28O6. The largest absolute Gasteiger partial charge is 0.387 e. The predicted molar refractivity (Wildman–Crippen MR) is 106 cm³/mol. The van der Waals surface area contributed by atoms with E-state index in [0.29, 0.717) is 13.2 Å². The molecule has 0 radical (unpaired) electrons. The van der Waals surface area contributed by atoms with Gasteiger partial charge in [-0.2, -0.15) is 0 Å². The second-order valence-corrected chi connectivity index (χ2v) is 8.07. The van der Waals surface area contributed by atoms with Crippen molar-refractivity contribution in [3.63, 3.8) is 0 Å². The third-order valence-electron chi connectivity index (χ3n) is 5.40. The van der Waals surface area contributed by atoms with Gasteiger partial charge >= 0.3 is 0 Å². The van der Waals surface area contributed by atoms with Gasteiger partial charge in [-0.15, -0.1) is 0 Å². The van der Waals surface area contributed by atoms with Crippen molar-refractivity contribution in [2.75, 3.05) is 0 Å². The number of benzene rings is 2. The lowest BCUT2D eigenvalue weighted by Crippen LogP contribution is -2.63. The summed E-state index contributed by atoms with van der Waals surface area (Å²) in [5.74, 6) is -0.859. The SMILES string of the molecule is CC1(C)OC2[C@H](O1)C(OCc1ccccc1)[C@@H](O)[C@H](O)[C@@H]2OCc1ccccc1. The fourth-order valence-electron chi connectivity index (χ4n) is 4.02. The Labute approximate surface area is 171 Å². The smallest absolute Gasteiger partial charge is 0.164 e. The molecule has 29 heavy (non-hydrogen) atoms. The van der Waals surface area contributed by atoms with Crippen LogP contribution in [0.3, 0.4) is 0 Å². The fraction of sp³-hybridized carbons (Fsp3) is 0.478. The van der Waals surface area contributed by atoms with Crippen LogP contribution in [0.15, 0.2) is 60.7 Å². The minimum atomic E-state index is -1.15. The molecule has 1 heterocycles. The van der Waals surface area contributed by atoms with Crippen molar-refractivity contribution < 1.29 is 29.2 Å². The summed E-state index contributed by atoms with van der Waals surface area (Å²) in [5.41, 5.74) is 1.96. The zero-order valence-corrected chi connectivity index (χ0v) is 16.7. The zero-order chi connectivity index (χ0) is 20.4. The van der Waals surface area contributed by atoms with Crippen LogP contribution in [0.5, 0.6) is 0 Å². The number of aliphatic hydroxyl groups is 2. The van der Waals surface area contributed by atoms with Crippen molar-refractivity contribution in [1.29, 1.82) is 0 Å². The van der Waals surface area contributed by atoms with Gasteiger partial charge in [-0.3, -0.25) is 0 Å². The second-order valence-electron chi connectivity index (χ2n) is 8.07. The number of ether oxygens (including phenoxy) is 4. The highest BCUT2D eigenvalue weighted by Crippen LogP contribution is 2.40. The van der Waals surface area contributed by atoms with Gasteiger partial charge in [0.1, 0.15) is 36.6 Å². The van der Waals surface area contributed by atoms with Gasteiger partial charge in [0.2, 0.25) is 0 Å². The van der Waals surface area contributed by atoms with Gasteiger partial charge in [0.15, 0.2) is 5.79 Å². The molecule has 2 aromatic carbocycles. The Morgan fingerprint density at radius 3 is 1.48 bits per heavy atom. The molecule has 4 rings (SSSR count). The van der Waals surface area contributed by atoms with Gasteiger partial charge in [0.25, 0.3) is 0 Å². The summed E-state index contributed by atoms with van der Waals surface area (Å²) in [7, 11) is 0. The van der Waals surface area contributed by atoms with E-state index in [1.165, 1.54) is 0 Å². The Hall–Kier alpha value is -1.80. The van der Waals surface area contributed by atoms with Crippen LogP contribution in [-0.4, -0.2) is 52.6 Å². The van der Waals surface area contributed by atoms with Crippen LogP contribution < -0.4 is 0 Å². The van der Waals surface area contributed by atoms with Gasteiger partial charge in [0.05, 0.1) is 13.2 Å². The van der Waals surface area contributed by atoms with Gasteiger partial charge in [-0.25, -0.2) is 0 Å². The highest BCUT2D eigenvalue weighted by atomic mass is 16.8. The first kappa shape index (κ1) is 20.5. The van der Waals surface area contributed by atoms with E-state index in [1.54, 1.807) is 0 Å². The van der Waals surface area contributed by atoms with E-state index in [9.17, 15) is 10.2 Å². The summed E-state index contributed by atoms with van der Waals surface area (Å²) in [6.07, 6.45) is -4.86. The minimum Gasteiger partial charge on any atom is -0.387 e. The number of hydrogen-bond donors (Lipinski definition) is 2. The molecule has 2 N–H and O–H groups in total. The third kappa shape index (κ3) is 4.53. The van der Waals surface area contributed by atoms with Gasteiger partial charge in [-0.05, 0) is 25.0 Å². The van der Waals surface area contributed by atoms with Crippen LogP contribution in [0.2, 0.25) is 0 Å². The maximum atomic E-state index is 10.8. The van der Waals surface area contributed by atoms with E-state index >= 15 is 0 Å². The zero-order valence-electron chi connectivity index (χ0n) is 16.7. The molecule has 2 aliphatic rings. The molecular weight excluding hydrogens is 372 g/mol. The Bertz CT molecular complexity index is 715. The van der Waals surface area contributed by atoms with Crippen molar-refractivity contribution in [2.24, 2.45) is 0 Å². The van der Waals surface area contributed by atoms with Crippen LogP contribution in [0.25, 0.3) is 0 Å². The minimum absolute atomic E-state index is 0.303. The van der Waals surface area contributed by atoms with E-state index in [4.69, 9.17) is 18.9 Å². The number of fused-ring (bicyclic) bond motifs is 1. The second kappa shape index (κ2) is 8.52. The molecule has 1 saturated carbocycles. The molecule has 6 heteroatoms. The van der Waals surface area contributed by atoms with Crippen LogP contribution in [0, 0.1) is 0 Å². The Kier molecular flexibility index (Phi) is 6.01. The molecule has 2 unspecified atom stereocenters. The molecule has 2 aromatic rings. The normalized spacial score (nSPS) is 33.4. The molecule has 1 saturated heterocycles. The van der Waals surface area contributed by atoms with E-state index in [1.807, 2.05) is 74.5 Å². The summed E-state index contributed by atoms with van der Waals surface area (Å²) >= 11 is 0. The van der Waals surface area contributed by atoms with Crippen molar-refractivity contribution in [3.05, 3.63) is 71.8 Å². The molecule has 2 fully saturated rings. The van der Waals surface area contributed by atoms with E-state index in [2.05, 4.69) is 0 Å². The lowest BCUT2D eigenvalue weighted by molar-refractivity contribution is -0.223. The van der Waals surface area contributed by atoms with Crippen molar-refractivity contribution >= 4 is 0 Å². The Balaban J connectivity index is 1.50. The van der Waals surface area contributed by atoms with E-state index in [0.717, 1.165) is 11.1 Å². The standard InChI is InChI=1S/C23H28O6/c1-23(2)28-21-19(26-13-15-9-5-3-6-10-15)17(24)18(25)20(22(21)29-23)27-14-16-11-7-4-8-12-16/h3-12,17-22,24-25H,13-14H2,1-2H3/t17-,18-,19-,20?,21?,22+/m0/s1. The predicted octanol–water partition coefficient (Wildman–Crippen LogP) is 2.41. The first-order valence-corrected chi connectivity index (χ1v) is 9.97. The Morgan fingerprint density at radius 2 is 1.10 bits per heavy atom. The lowest BCUT2D eigenvalue weighted by atomic mass is 9.84. The van der Waals surface area contributed by atoms with E-state index < -0.39 is 42.4 Å². The molecule has 1 aliphatic carbocycles. The third-order valence-corrected chi connectivity index (χ3v) is 5.40. The summed E-state index contributed by atoms with van der Waals surface area (Å²) in [6.45, 7) is 4.23. The molecule has 6 nitrogen and oxygen atoms in total. The van der Waals surface area contributed by atoms with Crippen LogP contribution in [-0.2, 0) is 32.2 Å². The number of aliphatic hydroxyl groups excluding tert-OH is 2. The molecule has 0 bridgehead atoms. The summed E-state index contributed by atoms with van der Waals surface area (Å²) < 4.78 is 24.1. The number of rotatable bonds is 6. The lowest BCUT2D eigenvalue weighted by Gasteiger charge is -2.43. The average Bonchev–Trinajstić information content (AvgIpc) is 3.04. The quantitative estimate of drug-likeness (QED) is 0.776. The number of hydrogen-bond acceptors (Lipinski definition) is 6.